The molecular weight excluding hydrogens is 506 g/mol. The van der Waals surface area contributed by atoms with Crippen molar-refractivity contribution >= 4 is 29.1 Å². The van der Waals surface area contributed by atoms with Gasteiger partial charge >= 0.3 is 0 Å². The molecule has 0 bridgehead atoms. The number of ether oxygens (including phenoxy) is 3. The van der Waals surface area contributed by atoms with E-state index in [-0.39, 0.29) is 28.5 Å². The number of carbonyl (C=O) groups excluding carboxylic acids is 2. The number of hydrogen-bond donors (Lipinski definition) is 1. The summed E-state index contributed by atoms with van der Waals surface area (Å²) in [5.41, 5.74) is 1.82. The van der Waals surface area contributed by atoms with Crippen LogP contribution in [0.1, 0.15) is 36.1 Å². The van der Waals surface area contributed by atoms with E-state index >= 15 is 0 Å². The monoisotopic (exact) mass is 535 g/mol. The number of Topliss-reactive ketones (excluding diaryl/α,β-unsaturated/α-hetero) is 1. The molecule has 1 aliphatic rings. The molecule has 0 saturated carbocycles. The molecule has 1 amide bonds. The number of ketones is 1. The topological polar surface area (TPSA) is 85.3 Å². The lowest BCUT2D eigenvalue weighted by Gasteiger charge is -2.25. The van der Waals surface area contributed by atoms with E-state index < -0.39 is 17.7 Å². The minimum atomic E-state index is -0.834. The first-order valence-corrected chi connectivity index (χ1v) is 12.8. The van der Waals surface area contributed by atoms with Crippen molar-refractivity contribution in [2.45, 2.75) is 26.0 Å². The third-order valence-corrected chi connectivity index (χ3v) is 6.54. The molecule has 38 heavy (non-hydrogen) atoms. The molecular formula is C30H30ClNO6. The molecule has 1 unspecified atom stereocenters. The van der Waals surface area contributed by atoms with Crippen molar-refractivity contribution in [3.8, 4) is 11.5 Å². The lowest BCUT2D eigenvalue weighted by molar-refractivity contribution is -0.140. The zero-order valence-electron chi connectivity index (χ0n) is 21.4. The Morgan fingerprint density at radius 2 is 1.74 bits per heavy atom. The van der Waals surface area contributed by atoms with E-state index in [2.05, 4.69) is 0 Å². The molecule has 3 aromatic carbocycles. The maximum atomic E-state index is 13.3. The van der Waals surface area contributed by atoms with Gasteiger partial charge in [0.1, 0.15) is 23.9 Å². The molecule has 1 atom stereocenters. The van der Waals surface area contributed by atoms with Crippen LogP contribution in [0.25, 0.3) is 5.76 Å². The molecule has 1 fully saturated rings. The maximum Gasteiger partial charge on any atom is 0.295 e. The van der Waals surface area contributed by atoms with Gasteiger partial charge in [0.25, 0.3) is 11.7 Å². The number of aliphatic hydroxyl groups is 1. The van der Waals surface area contributed by atoms with Crippen LogP contribution in [-0.4, -0.2) is 48.6 Å². The first-order valence-electron chi connectivity index (χ1n) is 12.4. The third kappa shape index (κ3) is 6.01. The Labute approximate surface area is 227 Å². The van der Waals surface area contributed by atoms with Crippen LogP contribution >= 0.6 is 11.6 Å². The van der Waals surface area contributed by atoms with E-state index in [4.69, 9.17) is 25.8 Å². The van der Waals surface area contributed by atoms with Gasteiger partial charge in [0.2, 0.25) is 0 Å². The van der Waals surface area contributed by atoms with Crippen LogP contribution in [0.15, 0.2) is 78.4 Å². The van der Waals surface area contributed by atoms with Crippen molar-refractivity contribution in [1.82, 2.24) is 4.90 Å². The van der Waals surface area contributed by atoms with E-state index in [1.54, 1.807) is 43.5 Å². The van der Waals surface area contributed by atoms with Crippen molar-refractivity contribution in [3.63, 3.8) is 0 Å². The predicted octanol–water partition coefficient (Wildman–Crippen LogP) is 5.78. The number of aliphatic hydroxyl groups excluding tert-OH is 1. The SMILES string of the molecule is CCOc1ccc(Cl)c(/C(O)=C2\C(=O)C(=O)N(CCCOC)C2c2cccc(OCc3ccccc3)c2)c1. The highest BCUT2D eigenvalue weighted by Crippen LogP contribution is 2.42. The summed E-state index contributed by atoms with van der Waals surface area (Å²) < 4.78 is 16.7. The average molecular weight is 536 g/mol. The number of nitrogens with zero attached hydrogens (tertiary/aromatic N) is 1. The summed E-state index contributed by atoms with van der Waals surface area (Å²) in [5, 5.41) is 11.6. The van der Waals surface area contributed by atoms with Crippen LogP contribution in [0, 0.1) is 0 Å². The van der Waals surface area contributed by atoms with Gasteiger partial charge < -0.3 is 24.2 Å². The third-order valence-electron chi connectivity index (χ3n) is 6.21. The summed E-state index contributed by atoms with van der Waals surface area (Å²) in [4.78, 5) is 28.0. The second-order valence-electron chi connectivity index (χ2n) is 8.76. The van der Waals surface area contributed by atoms with Gasteiger partial charge in [-0.05, 0) is 54.8 Å². The summed E-state index contributed by atoms with van der Waals surface area (Å²) in [7, 11) is 1.58. The van der Waals surface area contributed by atoms with Crippen molar-refractivity contribution in [2.24, 2.45) is 0 Å². The Kier molecular flexibility index (Phi) is 9.05. The Bertz CT molecular complexity index is 1320. The number of benzene rings is 3. The van der Waals surface area contributed by atoms with Gasteiger partial charge in [-0.15, -0.1) is 0 Å². The van der Waals surface area contributed by atoms with Gasteiger partial charge in [-0.25, -0.2) is 0 Å². The minimum absolute atomic E-state index is 0.0387. The molecule has 8 heteroatoms. The molecule has 0 spiro atoms. The molecule has 1 aliphatic heterocycles. The van der Waals surface area contributed by atoms with Crippen molar-refractivity contribution < 1.29 is 28.9 Å². The molecule has 0 aromatic heterocycles. The fourth-order valence-electron chi connectivity index (χ4n) is 4.44. The number of likely N-dealkylation sites (tertiary alicyclic amines) is 1. The number of hydrogen-bond acceptors (Lipinski definition) is 6. The highest BCUT2D eigenvalue weighted by molar-refractivity contribution is 6.47. The van der Waals surface area contributed by atoms with Crippen LogP contribution < -0.4 is 9.47 Å². The fraction of sp³-hybridized carbons (Fsp3) is 0.267. The summed E-state index contributed by atoms with van der Waals surface area (Å²) in [6, 6.07) is 20.9. The first kappa shape index (κ1) is 27.2. The molecule has 1 N–H and O–H groups in total. The van der Waals surface area contributed by atoms with Crippen LogP contribution in [-0.2, 0) is 20.9 Å². The zero-order chi connectivity index (χ0) is 27.1. The second-order valence-corrected chi connectivity index (χ2v) is 9.17. The second kappa shape index (κ2) is 12.6. The zero-order valence-corrected chi connectivity index (χ0v) is 22.1. The van der Waals surface area contributed by atoms with Crippen molar-refractivity contribution in [2.75, 3.05) is 26.9 Å². The lowest BCUT2D eigenvalue weighted by Crippen LogP contribution is -2.31. The van der Waals surface area contributed by atoms with Gasteiger partial charge in [0.05, 0.1) is 23.2 Å². The minimum Gasteiger partial charge on any atom is -0.507 e. The van der Waals surface area contributed by atoms with Crippen LogP contribution in [0.4, 0.5) is 0 Å². The average Bonchev–Trinajstić information content (AvgIpc) is 3.19. The van der Waals surface area contributed by atoms with Gasteiger partial charge in [-0.3, -0.25) is 9.59 Å². The molecule has 3 aromatic rings. The molecule has 198 valence electrons. The molecule has 1 heterocycles. The number of halogens is 1. The number of methoxy groups -OCH3 is 1. The quantitative estimate of drug-likeness (QED) is 0.145. The predicted molar refractivity (Wildman–Crippen MR) is 145 cm³/mol. The van der Waals surface area contributed by atoms with Crippen molar-refractivity contribution in [1.29, 1.82) is 0 Å². The van der Waals surface area contributed by atoms with Crippen LogP contribution in [0.3, 0.4) is 0 Å². The Balaban J connectivity index is 1.76. The number of carbonyl (C=O) groups is 2. The number of rotatable bonds is 11. The fourth-order valence-corrected chi connectivity index (χ4v) is 4.65. The maximum absolute atomic E-state index is 13.3. The van der Waals surface area contributed by atoms with E-state index in [0.29, 0.717) is 43.3 Å². The molecule has 4 rings (SSSR count). The van der Waals surface area contributed by atoms with Crippen molar-refractivity contribution in [3.05, 3.63) is 100 Å². The van der Waals surface area contributed by atoms with E-state index in [1.165, 1.54) is 4.90 Å². The molecule has 0 radical (unpaired) electrons. The van der Waals surface area contributed by atoms with Gasteiger partial charge in [0, 0.05) is 25.8 Å². The smallest absolute Gasteiger partial charge is 0.295 e. The van der Waals surface area contributed by atoms with Gasteiger partial charge in [-0.1, -0.05) is 54.1 Å². The summed E-state index contributed by atoms with van der Waals surface area (Å²) in [6.45, 7) is 3.30. The van der Waals surface area contributed by atoms with Gasteiger partial charge in [-0.2, -0.15) is 0 Å². The van der Waals surface area contributed by atoms with Crippen LogP contribution in [0.2, 0.25) is 5.02 Å². The van der Waals surface area contributed by atoms with Crippen LogP contribution in [0.5, 0.6) is 11.5 Å². The van der Waals surface area contributed by atoms with E-state index in [0.717, 1.165) is 5.56 Å². The highest BCUT2D eigenvalue weighted by atomic mass is 35.5. The summed E-state index contributed by atoms with van der Waals surface area (Å²) in [5.74, 6) is -0.769. The standard InChI is InChI=1S/C30H30ClNO6/c1-3-37-23-13-14-25(31)24(18-23)28(33)26-27(32(15-8-16-36-2)30(35)29(26)34)21-11-7-12-22(17-21)38-19-20-9-5-4-6-10-20/h4-7,9-14,17-18,27,33H,3,8,15-16,19H2,1-2H3/b28-26+. The van der Waals surface area contributed by atoms with Gasteiger partial charge in [0.15, 0.2) is 0 Å². The van der Waals surface area contributed by atoms with E-state index in [9.17, 15) is 14.7 Å². The molecule has 1 saturated heterocycles. The van der Waals surface area contributed by atoms with E-state index in [1.807, 2.05) is 43.3 Å². The first-order chi connectivity index (χ1) is 18.4. The normalized spacial score (nSPS) is 16.6. The lowest BCUT2D eigenvalue weighted by atomic mass is 9.95. The largest absolute Gasteiger partial charge is 0.507 e. The summed E-state index contributed by atoms with van der Waals surface area (Å²) in [6.07, 6.45) is 0.519. The Morgan fingerprint density at radius 3 is 2.47 bits per heavy atom. The highest BCUT2D eigenvalue weighted by Gasteiger charge is 2.46. The summed E-state index contributed by atoms with van der Waals surface area (Å²) >= 11 is 6.41. The Hall–Kier alpha value is -3.81. The Morgan fingerprint density at radius 1 is 0.974 bits per heavy atom. The number of amides is 1. The molecule has 0 aliphatic carbocycles. The molecule has 7 nitrogen and oxygen atoms in total.